The minimum Gasteiger partial charge on any atom is -0.478 e. The normalized spacial score (nSPS) is 11.0. The van der Waals surface area contributed by atoms with E-state index in [0.717, 1.165) is 6.08 Å². The Morgan fingerprint density at radius 3 is 2.77 bits per heavy atom. The van der Waals surface area contributed by atoms with E-state index in [4.69, 9.17) is 9.84 Å². The number of carboxylic acid groups (broad SMARTS) is 1. The third-order valence-electron chi connectivity index (χ3n) is 2.91. The van der Waals surface area contributed by atoms with Crippen molar-refractivity contribution >= 4 is 34.6 Å². The Bertz CT molecular complexity index is 790. The molecule has 0 saturated heterocycles. The molecule has 2 N–H and O–H groups in total. The Labute approximate surface area is 124 Å². The Hall–Kier alpha value is -3.16. The number of non-ortho nitro benzene ring substituents is 1. The molecule has 1 heterocycles. The quantitative estimate of drug-likeness (QED) is 0.378. The lowest BCUT2D eigenvalue weighted by Crippen LogP contribution is -2.06. The molecule has 0 radical (unpaired) electrons. The van der Waals surface area contributed by atoms with Crippen molar-refractivity contribution in [2.24, 2.45) is 0 Å². The zero-order valence-electron chi connectivity index (χ0n) is 11.5. The van der Waals surface area contributed by atoms with Crippen LogP contribution >= 0.6 is 0 Å². The molecule has 0 spiro atoms. The first-order valence-corrected chi connectivity index (χ1v) is 6.32. The molecule has 1 aromatic carbocycles. The third kappa shape index (κ3) is 2.95. The second kappa shape index (κ2) is 6.08. The number of H-pyrrole nitrogens is 1. The molecule has 0 bridgehead atoms. The monoisotopic (exact) mass is 304 g/mol. The number of benzene rings is 1. The van der Waals surface area contributed by atoms with Gasteiger partial charge in [-0.1, -0.05) is 0 Å². The lowest BCUT2D eigenvalue weighted by molar-refractivity contribution is -0.384. The molecule has 2 rings (SSSR count). The van der Waals surface area contributed by atoms with Crippen LogP contribution in [0.4, 0.5) is 5.69 Å². The van der Waals surface area contributed by atoms with E-state index >= 15 is 0 Å². The summed E-state index contributed by atoms with van der Waals surface area (Å²) >= 11 is 0. The highest BCUT2D eigenvalue weighted by atomic mass is 16.6. The minimum absolute atomic E-state index is 0.0508. The van der Waals surface area contributed by atoms with Crippen molar-refractivity contribution < 1.29 is 24.4 Å². The van der Waals surface area contributed by atoms with E-state index < -0.39 is 16.9 Å². The maximum Gasteiger partial charge on any atom is 0.355 e. The number of hydrogen-bond acceptors (Lipinski definition) is 5. The fraction of sp³-hybridized carbons (Fsp3) is 0.143. The van der Waals surface area contributed by atoms with Crippen molar-refractivity contribution in [2.45, 2.75) is 6.92 Å². The smallest absolute Gasteiger partial charge is 0.355 e. The number of fused-ring (bicyclic) bond motifs is 1. The Morgan fingerprint density at radius 2 is 2.18 bits per heavy atom. The Kier molecular flexibility index (Phi) is 4.21. The van der Waals surface area contributed by atoms with E-state index in [1.807, 2.05) is 0 Å². The van der Waals surface area contributed by atoms with E-state index in [0.29, 0.717) is 10.9 Å². The molecule has 0 aliphatic rings. The molecule has 0 amide bonds. The van der Waals surface area contributed by atoms with Crippen molar-refractivity contribution in [3.63, 3.8) is 0 Å². The lowest BCUT2D eigenvalue weighted by atomic mass is 10.1. The number of rotatable bonds is 5. The lowest BCUT2D eigenvalue weighted by Gasteiger charge is -2.00. The van der Waals surface area contributed by atoms with Crippen LogP contribution < -0.4 is 0 Å². The number of aromatic nitrogens is 1. The summed E-state index contributed by atoms with van der Waals surface area (Å²) < 4.78 is 4.90. The summed E-state index contributed by atoms with van der Waals surface area (Å²) in [5, 5.41) is 20.0. The van der Waals surface area contributed by atoms with Gasteiger partial charge in [0.1, 0.15) is 5.69 Å². The third-order valence-corrected chi connectivity index (χ3v) is 2.91. The van der Waals surface area contributed by atoms with Crippen LogP contribution in [0.25, 0.3) is 17.0 Å². The highest BCUT2D eigenvalue weighted by molar-refractivity contribution is 6.04. The van der Waals surface area contributed by atoms with E-state index in [1.165, 1.54) is 24.3 Å². The van der Waals surface area contributed by atoms with Gasteiger partial charge in [0, 0.05) is 34.7 Å². The average Bonchev–Trinajstić information content (AvgIpc) is 2.83. The Balaban J connectivity index is 2.67. The molecule has 0 unspecified atom stereocenters. The van der Waals surface area contributed by atoms with Gasteiger partial charge >= 0.3 is 11.9 Å². The fourth-order valence-corrected chi connectivity index (χ4v) is 2.01. The number of ether oxygens (including phenoxy) is 1. The van der Waals surface area contributed by atoms with Crippen LogP contribution in [-0.2, 0) is 9.53 Å². The molecule has 114 valence electrons. The number of carbonyl (C=O) groups excluding carboxylic acids is 1. The molecule has 0 atom stereocenters. The summed E-state index contributed by atoms with van der Waals surface area (Å²) in [6.07, 6.45) is 2.06. The number of aromatic amines is 1. The zero-order valence-corrected chi connectivity index (χ0v) is 11.5. The minimum atomic E-state index is -1.20. The predicted octanol–water partition coefficient (Wildman–Crippen LogP) is 2.35. The van der Waals surface area contributed by atoms with Gasteiger partial charge in [-0.3, -0.25) is 10.1 Å². The van der Waals surface area contributed by atoms with Gasteiger partial charge < -0.3 is 14.8 Å². The molecule has 2 aromatic rings. The first-order chi connectivity index (χ1) is 10.4. The fourth-order valence-electron chi connectivity index (χ4n) is 2.01. The topological polar surface area (TPSA) is 123 Å². The molecule has 0 aliphatic carbocycles. The molecule has 8 nitrogen and oxygen atoms in total. The second-order valence-electron chi connectivity index (χ2n) is 4.29. The summed E-state index contributed by atoms with van der Waals surface area (Å²) in [7, 11) is 0. The highest BCUT2D eigenvalue weighted by Gasteiger charge is 2.19. The molecule has 1 aromatic heterocycles. The number of carbonyl (C=O) groups is 2. The maximum absolute atomic E-state index is 11.9. The predicted molar refractivity (Wildman–Crippen MR) is 77.6 cm³/mol. The highest BCUT2D eigenvalue weighted by Crippen LogP contribution is 2.28. The zero-order chi connectivity index (χ0) is 16.3. The van der Waals surface area contributed by atoms with E-state index in [1.54, 1.807) is 6.92 Å². The number of nitro groups is 1. The first kappa shape index (κ1) is 15.2. The molecule has 22 heavy (non-hydrogen) atoms. The molecule has 0 aliphatic heterocycles. The number of carboxylic acids is 1. The van der Waals surface area contributed by atoms with Gasteiger partial charge in [0.2, 0.25) is 0 Å². The van der Waals surface area contributed by atoms with Crippen molar-refractivity contribution in [3.05, 3.63) is 45.6 Å². The van der Waals surface area contributed by atoms with Gasteiger partial charge in [-0.15, -0.1) is 0 Å². The number of esters is 1. The van der Waals surface area contributed by atoms with Crippen LogP contribution in [0.2, 0.25) is 0 Å². The van der Waals surface area contributed by atoms with Crippen LogP contribution in [0.3, 0.4) is 0 Å². The standard InChI is InChI=1S/C14H12N2O6/c1-2-22-14(19)13-9(4-6-12(17)18)10-7-8(16(20)21)3-5-11(10)15-13/h3-7,15H,2H2,1H3,(H,17,18)/b6-4-. The number of aliphatic carboxylic acids is 1. The van der Waals surface area contributed by atoms with Gasteiger partial charge in [-0.25, -0.2) is 9.59 Å². The van der Waals surface area contributed by atoms with E-state index in [9.17, 15) is 19.7 Å². The van der Waals surface area contributed by atoms with Crippen LogP contribution in [0.5, 0.6) is 0 Å². The van der Waals surface area contributed by atoms with E-state index in [2.05, 4.69) is 4.98 Å². The molecule has 0 saturated carbocycles. The summed E-state index contributed by atoms with van der Waals surface area (Å²) in [4.78, 5) is 35.7. The summed E-state index contributed by atoms with van der Waals surface area (Å²) in [6, 6.07) is 4.02. The maximum atomic E-state index is 11.9. The largest absolute Gasteiger partial charge is 0.478 e. The van der Waals surface area contributed by atoms with Crippen LogP contribution in [0, 0.1) is 10.1 Å². The van der Waals surface area contributed by atoms with Gasteiger partial charge in [0.15, 0.2) is 0 Å². The molecular weight excluding hydrogens is 292 g/mol. The van der Waals surface area contributed by atoms with Crippen LogP contribution in [-0.4, -0.2) is 33.6 Å². The number of nitrogens with zero attached hydrogens (tertiary/aromatic N) is 1. The number of nitrogens with one attached hydrogen (secondary N) is 1. The van der Waals surface area contributed by atoms with Crippen molar-refractivity contribution in [1.29, 1.82) is 0 Å². The van der Waals surface area contributed by atoms with Crippen molar-refractivity contribution in [1.82, 2.24) is 4.98 Å². The van der Waals surface area contributed by atoms with Gasteiger partial charge in [0.25, 0.3) is 5.69 Å². The van der Waals surface area contributed by atoms with Crippen LogP contribution in [0.1, 0.15) is 23.0 Å². The molecule has 0 fully saturated rings. The van der Waals surface area contributed by atoms with Crippen molar-refractivity contribution in [2.75, 3.05) is 6.61 Å². The first-order valence-electron chi connectivity index (χ1n) is 6.32. The van der Waals surface area contributed by atoms with Gasteiger partial charge in [0.05, 0.1) is 11.5 Å². The van der Waals surface area contributed by atoms with Gasteiger partial charge in [-0.05, 0) is 19.1 Å². The molecular formula is C14H12N2O6. The SMILES string of the molecule is CCOC(=O)c1[nH]c2ccc([N+](=O)[O-])cc2c1/C=C\C(=O)O. The van der Waals surface area contributed by atoms with Crippen molar-refractivity contribution in [3.8, 4) is 0 Å². The van der Waals surface area contributed by atoms with Gasteiger partial charge in [-0.2, -0.15) is 0 Å². The number of hydrogen-bond donors (Lipinski definition) is 2. The average molecular weight is 304 g/mol. The Morgan fingerprint density at radius 1 is 1.45 bits per heavy atom. The van der Waals surface area contributed by atoms with E-state index in [-0.39, 0.29) is 23.6 Å². The second-order valence-corrected chi connectivity index (χ2v) is 4.29. The molecule has 8 heteroatoms. The summed E-state index contributed by atoms with van der Waals surface area (Å²) in [5.74, 6) is -1.86. The number of nitro benzene ring substituents is 1. The van der Waals surface area contributed by atoms with Crippen LogP contribution in [0.15, 0.2) is 24.3 Å². The summed E-state index contributed by atoms with van der Waals surface area (Å²) in [5.41, 5.74) is 0.597. The summed E-state index contributed by atoms with van der Waals surface area (Å²) in [6.45, 7) is 1.79.